The van der Waals surface area contributed by atoms with Gasteiger partial charge in [-0.25, -0.2) is 0 Å². The number of anilines is 1. The summed E-state index contributed by atoms with van der Waals surface area (Å²) in [6.07, 6.45) is 0. The Bertz CT molecular complexity index is 735. The molecule has 2 N–H and O–H groups in total. The van der Waals surface area contributed by atoms with Crippen LogP contribution in [0.5, 0.6) is 5.75 Å². The van der Waals surface area contributed by atoms with Crippen LogP contribution in [0.1, 0.15) is 11.1 Å². The van der Waals surface area contributed by atoms with Crippen LogP contribution < -0.4 is 15.0 Å². The van der Waals surface area contributed by atoms with Crippen molar-refractivity contribution in [3.63, 3.8) is 0 Å². The quantitative estimate of drug-likeness (QED) is 0.823. The second-order valence-electron chi connectivity index (χ2n) is 5.80. The van der Waals surface area contributed by atoms with Gasteiger partial charge in [0.25, 0.3) is 5.91 Å². The average molecular weight is 368 g/mol. The fourth-order valence-electron chi connectivity index (χ4n) is 2.46. The number of halogens is 2. The Kier molecular flexibility index (Phi) is 6.49. The van der Waals surface area contributed by atoms with E-state index in [0.717, 1.165) is 21.8 Å². The molecule has 0 saturated heterocycles. The summed E-state index contributed by atoms with van der Waals surface area (Å²) < 4.78 is 5.34. The van der Waals surface area contributed by atoms with Crippen molar-refractivity contribution in [3.8, 4) is 5.75 Å². The maximum absolute atomic E-state index is 12.2. The van der Waals surface area contributed by atoms with Crippen molar-refractivity contribution in [2.75, 3.05) is 26.0 Å². The molecule has 0 heterocycles. The van der Waals surface area contributed by atoms with Crippen LogP contribution in [-0.4, -0.2) is 26.6 Å². The third kappa shape index (κ3) is 5.13. The highest BCUT2D eigenvalue weighted by Gasteiger charge is 2.15. The van der Waals surface area contributed by atoms with Crippen molar-refractivity contribution in [3.05, 3.63) is 57.6 Å². The van der Waals surface area contributed by atoms with E-state index in [0.29, 0.717) is 28.8 Å². The van der Waals surface area contributed by atoms with E-state index in [-0.39, 0.29) is 5.91 Å². The van der Waals surface area contributed by atoms with Gasteiger partial charge in [0.2, 0.25) is 0 Å². The number of nitrogens with one attached hydrogen (secondary N) is 2. The van der Waals surface area contributed by atoms with Crippen LogP contribution in [0, 0.1) is 6.92 Å². The predicted octanol–water partition coefficient (Wildman–Crippen LogP) is 2.96. The van der Waals surface area contributed by atoms with Crippen molar-refractivity contribution < 1.29 is 14.4 Å². The van der Waals surface area contributed by atoms with E-state index in [4.69, 9.17) is 27.9 Å². The summed E-state index contributed by atoms with van der Waals surface area (Å²) >= 11 is 12.2. The zero-order chi connectivity index (χ0) is 17.7. The third-order valence-corrected chi connectivity index (χ3v) is 4.14. The molecule has 4 nitrogen and oxygen atoms in total. The summed E-state index contributed by atoms with van der Waals surface area (Å²) in [4.78, 5) is 13.2. The van der Waals surface area contributed by atoms with Crippen LogP contribution in [0.4, 0.5) is 5.69 Å². The number of carbonyl (C=O) groups is 1. The molecular weight excluding hydrogens is 347 g/mol. The fourth-order valence-corrected chi connectivity index (χ4v) is 2.94. The summed E-state index contributed by atoms with van der Waals surface area (Å²) in [6, 6.07) is 11.0. The lowest BCUT2D eigenvalue weighted by Gasteiger charge is -2.16. The Morgan fingerprint density at radius 3 is 2.62 bits per heavy atom. The van der Waals surface area contributed by atoms with Crippen LogP contribution in [0.15, 0.2) is 36.4 Å². The minimum Gasteiger partial charge on any atom is -0.496 e. The molecule has 0 fully saturated rings. The topological polar surface area (TPSA) is 42.8 Å². The van der Waals surface area contributed by atoms with Crippen LogP contribution in [0.3, 0.4) is 0 Å². The molecule has 1 unspecified atom stereocenters. The molecule has 128 valence electrons. The molecule has 0 saturated carbocycles. The molecule has 2 aromatic rings. The lowest BCUT2D eigenvalue weighted by Crippen LogP contribution is -3.08. The number of carbonyl (C=O) groups excluding carboxylic acids is 1. The second kappa shape index (κ2) is 8.38. The van der Waals surface area contributed by atoms with Crippen molar-refractivity contribution in [1.82, 2.24) is 0 Å². The molecule has 24 heavy (non-hydrogen) atoms. The van der Waals surface area contributed by atoms with Crippen molar-refractivity contribution in [2.24, 2.45) is 0 Å². The second-order valence-corrected chi connectivity index (χ2v) is 6.64. The monoisotopic (exact) mass is 367 g/mol. The maximum Gasteiger partial charge on any atom is 0.279 e. The van der Waals surface area contributed by atoms with Gasteiger partial charge in [0.15, 0.2) is 6.54 Å². The summed E-state index contributed by atoms with van der Waals surface area (Å²) in [5.41, 5.74) is 2.64. The van der Waals surface area contributed by atoms with Gasteiger partial charge in [-0.15, -0.1) is 0 Å². The molecule has 0 aliphatic carbocycles. The third-order valence-electron chi connectivity index (χ3n) is 3.60. The summed E-state index contributed by atoms with van der Waals surface area (Å²) in [5.74, 6) is 0.667. The molecule has 0 bridgehead atoms. The molecule has 0 aliphatic rings. The van der Waals surface area contributed by atoms with Crippen LogP contribution >= 0.6 is 23.2 Å². The molecule has 1 atom stereocenters. The summed E-state index contributed by atoms with van der Waals surface area (Å²) in [6.45, 7) is 2.88. The number of rotatable bonds is 6. The van der Waals surface area contributed by atoms with E-state index in [2.05, 4.69) is 5.32 Å². The molecule has 6 heteroatoms. The van der Waals surface area contributed by atoms with Gasteiger partial charge >= 0.3 is 0 Å². The Labute approximate surface area is 152 Å². The first kappa shape index (κ1) is 18.6. The molecule has 2 aromatic carbocycles. The number of methoxy groups -OCH3 is 1. The molecule has 0 spiro atoms. The number of quaternary nitrogens is 1. The number of hydrogen-bond donors (Lipinski definition) is 2. The van der Waals surface area contributed by atoms with Gasteiger partial charge in [0, 0.05) is 10.6 Å². The number of ether oxygens (including phenoxy) is 1. The minimum absolute atomic E-state index is 0.0979. The number of hydrogen-bond acceptors (Lipinski definition) is 2. The summed E-state index contributed by atoms with van der Waals surface area (Å²) in [7, 11) is 3.56. The SMILES string of the molecule is COc1ccc(Cl)cc1C[NH+](C)CC(=O)Nc1ccc(C)cc1Cl. The normalized spacial score (nSPS) is 11.9. The standard InChI is InChI=1S/C18H20Cl2N2O2/c1-12-4-6-16(15(20)8-12)21-18(23)11-22(2)10-13-9-14(19)5-7-17(13)24-3/h4-9H,10-11H2,1-3H3,(H,21,23)/p+1. The van der Waals surface area contributed by atoms with Gasteiger partial charge in [-0.05, 0) is 42.8 Å². The van der Waals surface area contributed by atoms with Gasteiger partial charge < -0.3 is 15.0 Å². The highest BCUT2D eigenvalue weighted by Crippen LogP contribution is 2.23. The molecule has 0 aromatic heterocycles. The largest absolute Gasteiger partial charge is 0.496 e. The van der Waals surface area contributed by atoms with Gasteiger partial charge in [-0.1, -0.05) is 29.3 Å². The lowest BCUT2D eigenvalue weighted by molar-refractivity contribution is -0.885. The first-order valence-electron chi connectivity index (χ1n) is 7.58. The Morgan fingerprint density at radius 2 is 1.96 bits per heavy atom. The van der Waals surface area contributed by atoms with Crippen molar-refractivity contribution >= 4 is 34.8 Å². The van der Waals surface area contributed by atoms with Crippen LogP contribution in [0.2, 0.25) is 10.0 Å². The van der Waals surface area contributed by atoms with E-state index in [1.54, 1.807) is 13.2 Å². The van der Waals surface area contributed by atoms with Gasteiger partial charge in [-0.2, -0.15) is 0 Å². The molecule has 1 amide bonds. The van der Waals surface area contributed by atoms with Gasteiger partial charge in [0.1, 0.15) is 12.3 Å². The van der Waals surface area contributed by atoms with Crippen molar-refractivity contribution in [1.29, 1.82) is 0 Å². The van der Waals surface area contributed by atoms with E-state index in [9.17, 15) is 4.79 Å². The molecule has 0 aliphatic heterocycles. The zero-order valence-electron chi connectivity index (χ0n) is 14.0. The van der Waals surface area contributed by atoms with Crippen molar-refractivity contribution in [2.45, 2.75) is 13.5 Å². The van der Waals surface area contributed by atoms with Crippen LogP contribution in [0.25, 0.3) is 0 Å². The molecule has 0 radical (unpaired) electrons. The van der Waals surface area contributed by atoms with E-state index in [1.807, 2.05) is 44.3 Å². The molecule has 2 rings (SSSR count). The van der Waals surface area contributed by atoms with E-state index in [1.165, 1.54) is 0 Å². The smallest absolute Gasteiger partial charge is 0.279 e. The zero-order valence-corrected chi connectivity index (χ0v) is 15.5. The summed E-state index contributed by atoms with van der Waals surface area (Å²) in [5, 5.41) is 4.03. The Balaban J connectivity index is 1.98. The van der Waals surface area contributed by atoms with E-state index >= 15 is 0 Å². The number of likely N-dealkylation sites (N-methyl/N-ethyl adjacent to an activating group) is 1. The number of benzene rings is 2. The highest BCUT2D eigenvalue weighted by molar-refractivity contribution is 6.33. The number of amides is 1. The Morgan fingerprint density at radius 1 is 1.21 bits per heavy atom. The molecular formula is C18H21Cl2N2O2+. The van der Waals surface area contributed by atoms with Gasteiger partial charge in [0.05, 0.1) is 24.9 Å². The predicted molar refractivity (Wildman–Crippen MR) is 98.3 cm³/mol. The first-order chi connectivity index (χ1) is 11.4. The number of aryl methyl sites for hydroxylation is 1. The average Bonchev–Trinajstić information content (AvgIpc) is 2.50. The van der Waals surface area contributed by atoms with Crippen LogP contribution in [-0.2, 0) is 11.3 Å². The fraction of sp³-hybridized carbons (Fsp3) is 0.278. The highest BCUT2D eigenvalue weighted by atomic mass is 35.5. The maximum atomic E-state index is 12.2. The minimum atomic E-state index is -0.0979. The lowest BCUT2D eigenvalue weighted by atomic mass is 10.2. The Hall–Kier alpha value is -1.75. The van der Waals surface area contributed by atoms with Gasteiger partial charge in [-0.3, -0.25) is 4.79 Å². The van der Waals surface area contributed by atoms with E-state index < -0.39 is 0 Å². The first-order valence-corrected chi connectivity index (χ1v) is 8.34.